The van der Waals surface area contributed by atoms with E-state index >= 15 is 0 Å². The van der Waals surface area contributed by atoms with Gasteiger partial charge in [0.05, 0.1) is 9.79 Å². The fourth-order valence-corrected chi connectivity index (χ4v) is 3.98. The smallest absolute Gasteiger partial charge is 0.225 e. The Bertz CT molecular complexity index is 677. The molecular weight excluding hydrogens is 300 g/mol. The molecule has 1 saturated carbocycles. The van der Waals surface area contributed by atoms with Gasteiger partial charge in [-0.1, -0.05) is 6.92 Å². The Hall–Kier alpha value is -0.960. The molecule has 0 amide bonds. The van der Waals surface area contributed by atoms with Gasteiger partial charge in [0.15, 0.2) is 0 Å². The second-order valence-electron chi connectivity index (χ2n) is 4.92. The molecule has 8 heteroatoms. The topological polar surface area (TPSA) is 97.5 Å². The van der Waals surface area contributed by atoms with Crippen molar-refractivity contribution in [2.75, 3.05) is 13.1 Å². The molecule has 0 unspecified atom stereocenters. The second kappa shape index (κ2) is 5.44. The van der Waals surface area contributed by atoms with E-state index in [2.05, 4.69) is 0 Å². The van der Waals surface area contributed by atoms with Crippen LogP contribution >= 0.6 is 0 Å². The van der Waals surface area contributed by atoms with E-state index in [4.69, 9.17) is 5.14 Å². The molecule has 20 heavy (non-hydrogen) atoms. The Morgan fingerprint density at radius 2 is 1.60 bits per heavy atom. The number of hydrogen-bond acceptors (Lipinski definition) is 4. The van der Waals surface area contributed by atoms with Crippen molar-refractivity contribution in [1.82, 2.24) is 4.31 Å². The molecule has 0 bridgehead atoms. The van der Waals surface area contributed by atoms with Crippen LogP contribution in [0.5, 0.6) is 0 Å². The van der Waals surface area contributed by atoms with Gasteiger partial charge in [0, 0.05) is 13.1 Å². The largest absolute Gasteiger partial charge is 0.243 e. The van der Waals surface area contributed by atoms with E-state index < -0.39 is 20.0 Å². The van der Waals surface area contributed by atoms with Crippen LogP contribution in [-0.2, 0) is 20.0 Å². The summed E-state index contributed by atoms with van der Waals surface area (Å²) in [5.41, 5.74) is 0. The quantitative estimate of drug-likeness (QED) is 0.837. The van der Waals surface area contributed by atoms with Crippen LogP contribution in [-0.4, -0.2) is 34.2 Å². The summed E-state index contributed by atoms with van der Waals surface area (Å²) in [6.07, 6.45) is 2.13. The third-order valence-electron chi connectivity index (χ3n) is 3.30. The van der Waals surface area contributed by atoms with Gasteiger partial charge in [0.1, 0.15) is 0 Å². The average Bonchev–Trinajstić information content (AvgIpc) is 3.18. The highest BCUT2D eigenvalue weighted by Crippen LogP contribution is 2.31. The first kappa shape index (κ1) is 15.4. The maximum atomic E-state index is 12.4. The van der Waals surface area contributed by atoms with E-state index in [0.29, 0.717) is 19.0 Å². The molecule has 0 aromatic heterocycles. The minimum atomic E-state index is -3.81. The fourth-order valence-electron chi connectivity index (χ4n) is 1.94. The Labute approximate surface area is 119 Å². The summed E-state index contributed by atoms with van der Waals surface area (Å²) in [5.74, 6) is 0.452. The first-order valence-corrected chi connectivity index (χ1v) is 9.37. The molecular formula is C12H18N2O4S2. The highest BCUT2D eigenvalue weighted by atomic mass is 32.2. The normalized spacial score (nSPS) is 16.6. The zero-order chi connectivity index (χ0) is 15.0. The van der Waals surface area contributed by atoms with Crippen molar-refractivity contribution in [1.29, 1.82) is 0 Å². The number of nitrogens with two attached hydrogens (primary N) is 1. The minimum Gasteiger partial charge on any atom is -0.225 e. The van der Waals surface area contributed by atoms with E-state index in [0.717, 1.165) is 12.8 Å². The summed E-state index contributed by atoms with van der Waals surface area (Å²) < 4.78 is 48.6. The number of nitrogens with zero attached hydrogens (tertiary/aromatic N) is 1. The molecule has 2 rings (SSSR count). The minimum absolute atomic E-state index is 0.0902. The maximum Gasteiger partial charge on any atom is 0.243 e. The molecule has 2 N–H and O–H groups in total. The zero-order valence-electron chi connectivity index (χ0n) is 11.2. The van der Waals surface area contributed by atoms with Crippen LogP contribution in [0.2, 0.25) is 0 Å². The summed E-state index contributed by atoms with van der Waals surface area (Å²) in [5, 5.41) is 4.99. The van der Waals surface area contributed by atoms with Crippen molar-refractivity contribution in [3.63, 3.8) is 0 Å². The standard InChI is InChI=1S/C12H18N2O4S2/c1-2-14(9-10-3-4-10)20(17,18)12-7-5-11(6-8-12)19(13,15)16/h5-8,10H,2-4,9H2,1H3,(H2,13,15,16). The first-order chi connectivity index (χ1) is 9.25. The predicted molar refractivity (Wildman–Crippen MR) is 75.0 cm³/mol. The van der Waals surface area contributed by atoms with E-state index in [-0.39, 0.29) is 9.79 Å². The molecule has 1 fully saturated rings. The molecule has 112 valence electrons. The zero-order valence-corrected chi connectivity index (χ0v) is 12.8. The van der Waals surface area contributed by atoms with Crippen molar-refractivity contribution in [2.24, 2.45) is 11.1 Å². The van der Waals surface area contributed by atoms with Gasteiger partial charge >= 0.3 is 0 Å². The Morgan fingerprint density at radius 1 is 1.10 bits per heavy atom. The van der Waals surface area contributed by atoms with Crippen LogP contribution in [0.25, 0.3) is 0 Å². The second-order valence-corrected chi connectivity index (χ2v) is 8.41. The van der Waals surface area contributed by atoms with Crippen LogP contribution in [0.1, 0.15) is 19.8 Å². The lowest BCUT2D eigenvalue weighted by molar-refractivity contribution is 0.412. The van der Waals surface area contributed by atoms with Crippen LogP contribution < -0.4 is 5.14 Å². The summed E-state index contributed by atoms with van der Waals surface area (Å²) >= 11 is 0. The van der Waals surface area contributed by atoms with E-state index in [1.807, 2.05) is 0 Å². The van der Waals surface area contributed by atoms with E-state index in [1.54, 1.807) is 6.92 Å². The third kappa shape index (κ3) is 3.38. The van der Waals surface area contributed by atoms with Gasteiger partial charge in [-0.2, -0.15) is 4.31 Å². The number of hydrogen-bond donors (Lipinski definition) is 1. The molecule has 0 spiro atoms. The van der Waals surface area contributed by atoms with Gasteiger partial charge in [-0.15, -0.1) is 0 Å². The molecule has 0 heterocycles. The van der Waals surface area contributed by atoms with Gasteiger partial charge < -0.3 is 0 Å². The van der Waals surface area contributed by atoms with Gasteiger partial charge in [-0.05, 0) is 43.0 Å². The highest BCUT2D eigenvalue weighted by molar-refractivity contribution is 7.89. The molecule has 0 aliphatic heterocycles. The monoisotopic (exact) mass is 318 g/mol. The predicted octanol–water partition coefficient (Wildman–Crippen LogP) is 0.755. The van der Waals surface area contributed by atoms with Crippen molar-refractivity contribution in [2.45, 2.75) is 29.6 Å². The number of benzene rings is 1. The Balaban J connectivity index is 2.28. The van der Waals surface area contributed by atoms with E-state index in [9.17, 15) is 16.8 Å². The molecule has 1 aromatic rings. The Kier molecular flexibility index (Phi) is 4.19. The number of primary sulfonamides is 1. The van der Waals surface area contributed by atoms with Crippen LogP contribution in [0.3, 0.4) is 0 Å². The van der Waals surface area contributed by atoms with Gasteiger partial charge in [-0.3, -0.25) is 0 Å². The maximum absolute atomic E-state index is 12.4. The lowest BCUT2D eigenvalue weighted by atomic mass is 10.4. The highest BCUT2D eigenvalue weighted by Gasteiger charge is 2.30. The summed E-state index contributed by atoms with van der Waals surface area (Å²) in [7, 11) is -7.38. The van der Waals surface area contributed by atoms with Crippen LogP contribution in [0.4, 0.5) is 0 Å². The lowest BCUT2D eigenvalue weighted by Gasteiger charge is -2.20. The molecule has 1 aromatic carbocycles. The first-order valence-electron chi connectivity index (χ1n) is 6.38. The molecule has 6 nitrogen and oxygen atoms in total. The molecule has 0 saturated heterocycles. The lowest BCUT2D eigenvalue weighted by Crippen LogP contribution is -2.32. The van der Waals surface area contributed by atoms with Crippen molar-refractivity contribution >= 4 is 20.0 Å². The SMILES string of the molecule is CCN(CC1CC1)S(=O)(=O)c1ccc(S(N)(=O)=O)cc1. The fraction of sp³-hybridized carbons (Fsp3) is 0.500. The molecule has 1 aliphatic carbocycles. The van der Waals surface area contributed by atoms with Crippen molar-refractivity contribution < 1.29 is 16.8 Å². The van der Waals surface area contributed by atoms with Gasteiger partial charge in [0.25, 0.3) is 0 Å². The van der Waals surface area contributed by atoms with Crippen molar-refractivity contribution in [3.05, 3.63) is 24.3 Å². The summed E-state index contributed by atoms with van der Waals surface area (Å²) in [4.78, 5) is -0.00547. The number of rotatable bonds is 6. The van der Waals surface area contributed by atoms with Gasteiger partial charge in [-0.25, -0.2) is 22.0 Å². The molecule has 0 atom stereocenters. The average molecular weight is 318 g/mol. The van der Waals surface area contributed by atoms with Crippen LogP contribution in [0, 0.1) is 5.92 Å². The Morgan fingerprint density at radius 3 is 2.00 bits per heavy atom. The van der Waals surface area contributed by atoms with Crippen LogP contribution in [0.15, 0.2) is 34.1 Å². The summed E-state index contributed by atoms with van der Waals surface area (Å²) in [6.45, 7) is 2.71. The molecule has 0 radical (unpaired) electrons. The number of sulfonamides is 2. The van der Waals surface area contributed by atoms with Gasteiger partial charge in [0.2, 0.25) is 20.0 Å². The summed E-state index contributed by atoms with van der Waals surface area (Å²) in [6, 6.07) is 5.00. The van der Waals surface area contributed by atoms with Crippen molar-refractivity contribution in [3.8, 4) is 0 Å². The third-order valence-corrected chi connectivity index (χ3v) is 6.19. The van der Waals surface area contributed by atoms with E-state index in [1.165, 1.54) is 28.6 Å². The molecule has 1 aliphatic rings.